The van der Waals surface area contributed by atoms with Crippen LogP contribution in [0.4, 0.5) is 14.5 Å². The number of hydrogen-bond donors (Lipinski definition) is 1. The molecular formula is C20H21F2NO6. The Morgan fingerprint density at radius 3 is 2.31 bits per heavy atom. The number of ether oxygens (including phenoxy) is 4. The minimum Gasteiger partial charge on any atom is -0.497 e. The van der Waals surface area contributed by atoms with Crippen LogP contribution < -0.4 is 19.5 Å². The van der Waals surface area contributed by atoms with Crippen LogP contribution in [0.2, 0.25) is 0 Å². The number of nitrogens with one attached hydrogen (secondary N) is 1. The number of methoxy groups -OCH3 is 2. The van der Waals surface area contributed by atoms with Crippen LogP contribution in [-0.2, 0) is 20.7 Å². The summed E-state index contributed by atoms with van der Waals surface area (Å²) in [7, 11) is 3.05. The molecule has 0 bridgehead atoms. The average Bonchev–Trinajstić information content (AvgIpc) is 2.71. The van der Waals surface area contributed by atoms with E-state index in [1.807, 2.05) is 0 Å². The van der Waals surface area contributed by atoms with Crippen molar-refractivity contribution in [1.82, 2.24) is 0 Å². The van der Waals surface area contributed by atoms with E-state index in [0.717, 1.165) is 5.56 Å². The summed E-state index contributed by atoms with van der Waals surface area (Å²) < 4.78 is 44.4. The molecule has 0 unspecified atom stereocenters. The fourth-order valence-electron chi connectivity index (χ4n) is 2.43. The molecule has 0 saturated heterocycles. The molecular weight excluding hydrogens is 388 g/mol. The summed E-state index contributed by atoms with van der Waals surface area (Å²) in [5.74, 6) is -0.256. The van der Waals surface area contributed by atoms with Gasteiger partial charge in [-0.15, -0.1) is 0 Å². The second-order valence-corrected chi connectivity index (χ2v) is 5.80. The van der Waals surface area contributed by atoms with Gasteiger partial charge in [0, 0.05) is 12.5 Å². The first-order chi connectivity index (χ1) is 13.9. The lowest BCUT2D eigenvalue weighted by molar-refractivity contribution is -0.147. The summed E-state index contributed by atoms with van der Waals surface area (Å²) in [4.78, 5) is 23.8. The Morgan fingerprint density at radius 2 is 1.69 bits per heavy atom. The van der Waals surface area contributed by atoms with E-state index < -0.39 is 25.1 Å². The second kappa shape index (κ2) is 10.8. The van der Waals surface area contributed by atoms with Gasteiger partial charge in [-0.2, -0.15) is 8.78 Å². The van der Waals surface area contributed by atoms with Crippen LogP contribution in [0.1, 0.15) is 12.0 Å². The molecule has 0 fully saturated rings. The smallest absolute Gasteiger partial charge is 0.387 e. The first kappa shape index (κ1) is 21.9. The van der Waals surface area contributed by atoms with Crippen molar-refractivity contribution in [2.24, 2.45) is 0 Å². The molecule has 1 amide bonds. The van der Waals surface area contributed by atoms with Crippen LogP contribution in [0.3, 0.4) is 0 Å². The van der Waals surface area contributed by atoms with E-state index in [9.17, 15) is 18.4 Å². The molecule has 2 aromatic carbocycles. The molecule has 0 heterocycles. The highest BCUT2D eigenvalue weighted by atomic mass is 19.3. The van der Waals surface area contributed by atoms with Crippen molar-refractivity contribution in [3.8, 4) is 17.2 Å². The molecule has 0 atom stereocenters. The lowest BCUT2D eigenvalue weighted by atomic mass is 10.1. The van der Waals surface area contributed by atoms with Crippen molar-refractivity contribution < 1.29 is 37.3 Å². The molecule has 0 aliphatic heterocycles. The van der Waals surface area contributed by atoms with Crippen LogP contribution in [0.25, 0.3) is 0 Å². The van der Waals surface area contributed by atoms with E-state index in [-0.39, 0.29) is 17.9 Å². The van der Waals surface area contributed by atoms with Crippen molar-refractivity contribution >= 4 is 17.6 Å². The third-order valence-corrected chi connectivity index (χ3v) is 3.77. The number of para-hydroxylation sites is 2. The number of amides is 1. The molecule has 0 aliphatic carbocycles. The molecule has 2 aromatic rings. The first-order valence-corrected chi connectivity index (χ1v) is 8.62. The molecule has 7 nitrogen and oxygen atoms in total. The second-order valence-electron chi connectivity index (χ2n) is 5.80. The van der Waals surface area contributed by atoms with Crippen molar-refractivity contribution in [3.05, 3.63) is 48.0 Å². The number of hydrogen-bond acceptors (Lipinski definition) is 6. The van der Waals surface area contributed by atoms with Crippen molar-refractivity contribution in [2.45, 2.75) is 19.5 Å². The highest BCUT2D eigenvalue weighted by Crippen LogP contribution is 2.25. The van der Waals surface area contributed by atoms with E-state index in [1.165, 1.54) is 32.4 Å². The molecule has 156 valence electrons. The molecule has 9 heteroatoms. The van der Waals surface area contributed by atoms with Crippen LogP contribution in [-0.4, -0.2) is 39.3 Å². The van der Waals surface area contributed by atoms with Crippen molar-refractivity contribution in [3.63, 3.8) is 0 Å². The quantitative estimate of drug-likeness (QED) is 0.606. The monoisotopic (exact) mass is 409 g/mol. The van der Waals surface area contributed by atoms with Gasteiger partial charge in [0.1, 0.15) is 17.2 Å². The molecule has 2 rings (SSSR count). The van der Waals surface area contributed by atoms with Crippen LogP contribution in [0.15, 0.2) is 42.5 Å². The number of rotatable bonds is 10. The lowest BCUT2D eigenvalue weighted by Gasteiger charge is -2.12. The topological polar surface area (TPSA) is 83.1 Å². The maximum Gasteiger partial charge on any atom is 0.387 e. The Balaban J connectivity index is 1.83. The number of esters is 1. The number of aryl methyl sites for hydroxylation is 1. The zero-order chi connectivity index (χ0) is 21.2. The summed E-state index contributed by atoms with van der Waals surface area (Å²) in [6, 6.07) is 11.0. The standard InChI is InChI=1S/C20H21F2NO6/c1-26-14-9-13(10-15(11-14)27-2)7-8-19(25)28-12-18(24)23-16-5-3-4-6-17(16)29-20(21)22/h3-6,9-11,20H,7-8,12H2,1-2H3,(H,23,24). The molecule has 29 heavy (non-hydrogen) atoms. The van der Waals surface area contributed by atoms with Gasteiger partial charge < -0.3 is 24.3 Å². The number of anilines is 1. The summed E-state index contributed by atoms with van der Waals surface area (Å²) in [5.41, 5.74) is 0.859. The number of carbonyl (C=O) groups excluding carboxylic acids is 2. The molecule has 0 radical (unpaired) electrons. The largest absolute Gasteiger partial charge is 0.497 e. The summed E-state index contributed by atoms with van der Waals surface area (Å²) >= 11 is 0. The third kappa shape index (κ3) is 7.28. The predicted octanol–water partition coefficient (Wildman–Crippen LogP) is 3.42. The number of carbonyl (C=O) groups is 2. The first-order valence-electron chi connectivity index (χ1n) is 8.62. The van der Waals surface area contributed by atoms with E-state index >= 15 is 0 Å². The normalized spacial score (nSPS) is 10.4. The van der Waals surface area contributed by atoms with Crippen LogP contribution >= 0.6 is 0 Å². The van der Waals surface area contributed by atoms with Gasteiger partial charge in [0.15, 0.2) is 6.61 Å². The van der Waals surface area contributed by atoms with Gasteiger partial charge in [-0.3, -0.25) is 9.59 Å². The fraction of sp³-hybridized carbons (Fsp3) is 0.300. The molecule has 0 spiro atoms. The number of alkyl halides is 2. The zero-order valence-electron chi connectivity index (χ0n) is 15.9. The minimum absolute atomic E-state index is 0.0364. The SMILES string of the molecule is COc1cc(CCC(=O)OCC(=O)Nc2ccccc2OC(F)F)cc(OC)c1. The third-order valence-electron chi connectivity index (χ3n) is 3.77. The van der Waals surface area contributed by atoms with Crippen molar-refractivity contribution in [1.29, 1.82) is 0 Å². The summed E-state index contributed by atoms with van der Waals surface area (Å²) in [6.07, 6.45) is 0.397. The number of halogens is 2. The van der Waals surface area contributed by atoms with Crippen LogP contribution in [0.5, 0.6) is 17.2 Å². The Bertz CT molecular complexity index is 821. The minimum atomic E-state index is -3.03. The molecule has 0 saturated carbocycles. The lowest BCUT2D eigenvalue weighted by Crippen LogP contribution is -2.21. The van der Waals surface area contributed by atoms with Crippen LogP contribution in [0, 0.1) is 0 Å². The Hall–Kier alpha value is -3.36. The highest BCUT2D eigenvalue weighted by Gasteiger charge is 2.13. The predicted molar refractivity (Wildman–Crippen MR) is 101 cm³/mol. The van der Waals surface area contributed by atoms with Gasteiger partial charge in [-0.25, -0.2) is 0 Å². The average molecular weight is 409 g/mol. The highest BCUT2D eigenvalue weighted by molar-refractivity contribution is 5.94. The Morgan fingerprint density at radius 1 is 1.03 bits per heavy atom. The van der Waals surface area contributed by atoms with Crippen molar-refractivity contribution in [2.75, 3.05) is 26.1 Å². The van der Waals surface area contributed by atoms with E-state index in [4.69, 9.17) is 14.2 Å². The van der Waals surface area contributed by atoms with Gasteiger partial charge in [-0.1, -0.05) is 12.1 Å². The Labute approximate surface area is 166 Å². The molecule has 1 N–H and O–H groups in total. The van der Waals surface area contributed by atoms with Gasteiger partial charge in [0.25, 0.3) is 5.91 Å². The Kier molecular flexibility index (Phi) is 8.20. The maximum atomic E-state index is 12.4. The van der Waals surface area contributed by atoms with E-state index in [2.05, 4.69) is 10.1 Å². The van der Waals surface area contributed by atoms with Gasteiger partial charge in [0.05, 0.1) is 19.9 Å². The van der Waals surface area contributed by atoms with E-state index in [0.29, 0.717) is 17.9 Å². The van der Waals surface area contributed by atoms with Gasteiger partial charge >= 0.3 is 12.6 Å². The van der Waals surface area contributed by atoms with E-state index in [1.54, 1.807) is 24.3 Å². The van der Waals surface area contributed by atoms with Gasteiger partial charge in [0.2, 0.25) is 0 Å². The molecule has 0 aliphatic rings. The summed E-state index contributed by atoms with van der Waals surface area (Å²) in [5, 5.41) is 2.37. The zero-order valence-corrected chi connectivity index (χ0v) is 15.9. The maximum absolute atomic E-state index is 12.4. The van der Waals surface area contributed by atoms with Gasteiger partial charge in [-0.05, 0) is 36.2 Å². The summed E-state index contributed by atoms with van der Waals surface area (Å²) in [6.45, 7) is -3.58. The number of benzene rings is 2. The fourth-order valence-corrected chi connectivity index (χ4v) is 2.43. The molecule has 0 aromatic heterocycles.